The molecule has 0 aromatic carbocycles. The molecule has 4 nitrogen and oxygen atoms in total. The Hall–Kier alpha value is -0.870. The molecule has 2 aliphatic rings. The Morgan fingerprint density at radius 2 is 2.05 bits per heavy atom. The van der Waals surface area contributed by atoms with Crippen LogP contribution in [0.3, 0.4) is 0 Å². The molecule has 0 aromatic heterocycles. The third kappa shape index (κ3) is 2.32. The van der Waals surface area contributed by atoms with Crippen LogP contribution in [0.15, 0.2) is 12.2 Å². The van der Waals surface area contributed by atoms with Crippen molar-refractivity contribution in [2.24, 2.45) is 11.3 Å². The van der Waals surface area contributed by atoms with E-state index in [0.717, 1.165) is 12.8 Å². The van der Waals surface area contributed by atoms with Crippen molar-refractivity contribution in [2.45, 2.75) is 51.7 Å². The lowest BCUT2D eigenvalue weighted by molar-refractivity contribution is -0.182. The number of rotatable bonds is 5. The number of allylic oxidation sites excluding steroid dienone is 2. The van der Waals surface area contributed by atoms with Gasteiger partial charge in [0, 0.05) is 24.4 Å². The molecule has 4 heteroatoms. The number of nitrogens with one attached hydrogen (secondary N) is 1. The summed E-state index contributed by atoms with van der Waals surface area (Å²) in [5.41, 5.74) is -0.772. The van der Waals surface area contributed by atoms with E-state index in [1.165, 1.54) is 0 Å². The Morgan fingerprint density at radius 1 is 1.42 bits per heavy atom. The number of aliphatic hydroxyl groups is 1. The third-order valence-corrected chi connectivity index (χ3v) is 4.95. The molecule has 2 atom stereocenters. The van der Waals surface area contributed by atoms with Gasteiger partial charge in [-0.3, -0.25) is 4.79 Å². The minimum atomic E-state index is -0.535. The molecule has 1 fully saturated rings. The molecule has 19 heavy (non-hydrogen) atoms. The maximum absolute atomic E-state index is 12.3. The van der Waals surface area contributed by atoms with Gasteiger partial charge in [0.25, 0.3) is 0 Å². The van der Waals surface area contributed by atoms with Crippen LogP contribution < -0.4 is 5.32 Å². The van der Waals surface area contributed by atoms with Crippen molar-refractivity contribution in [3.63, 3.8) is 0 Å². The van der Waals surface area contributed by atoms with Gasteiger partial charge in [-0.05, 0) is 19.8 Å². The van der Waals surface area contributed by atoms with Gasteiger partial charge in [0.15, 0.2) is 0 Å². The van der Waals surface area contributed by atoms with E-state index in [2.05, 4.69) is 19.2 Å². The second kappa shape index (κ2) is 5.25. The van der Waals surface area contributed by atoms with E-state index in [-0.39, 0.29) is 30.0 Å². The Kier molecular flexibility index (Phi) is 4.02. The number of aliphatic hydroxyl groups excluding tert-OH is 1. The monoisotopic (exact) mass is 267 g/mol. The molecule has 0 unspecified atom stereocenters. The van der Waals surface area contributed by atoms with Gasteiger partial charge in [-0.25, -0.2) is 0 Å². The summed E-state index contributed by atoms with van der Waals surface area (Å²) < 4.78 is 5.68. The highest BCUT2D eigenvalue weighted by Gasteiger charge is 2.61. The quantitative estimate of drug-likeness (QED) is 0.744. The van der Waals surface area contributed by atoms with E-state index in [1.54, 1.807) is 0 Å². The summed E-state index contributed by atoms with van der Waals surface area (Å²) in [6.45, 7) is 6.71. The highest BCUT2D eigenvalue weighted by Crippen LogP contribution is 2.51. The Morgan fingerprint density at radius 3 is 2.53 bits per heavy atom. The number of carbonyl (C=O) groups excluding carboxylic acids is 1. The SMILES string of the molecule is CCO[C@H]1C[C@](CO)(NC(=O)C2CC=CC2)C1(C)C. The molecule has 0 bridgehead atoms. The van der Waals surface area contributed by atoms with Crippen LogP contribution in [-0.4, -0.2) is 35.9 Å². The predicted molar refractivity (Wildman–Crippen MR) is 73.6 cm³/mol. The zero-order valence-electron chi connectivity index (χ0n) is 12.1. The first-order chi connectivity index (χ1) is 8.97. The summed E-state index contributed by atoms with van der Waals surface area (Å²) >= 11 is 0. The molecule has 2 aliphatic carbocycles. The van der Waals surface area contributed by atoms with Gasteiger partial charge < -0.3 is 15.2 Å². The fraction of sp³-hybridized carbons (Fsp3) is 0.800. The fourth-order valence-corrected chi connectivity index (χ4v) is 3.17. The molecule has 0 heterocycles. The largest absolute Gasteiger partial charge is 0.394 e. The molecule has 0 spiro atoms. The number of amides is 1. The lowest BCUT2D eigenvalue weighted by Crippen LogP contribution is -2.74. The van der Waals surface area contributed by atoms with Gasteiger partial charge in [-0.2, -0.15) is 0 Å². The number of hydrogen-bond donors (Lipinski definition) is 2. The Balaban J connectivity index is 2.02. The molecule has 0 aliphatic heterocycles. The first kappa shape index (κ1) is 14.5. The molecule has 1 amide bonds. The molecular weight excluding hydrogens is 242 g/mol. The minimum absolute atomic E-state index is 0.0323. The van der Waals surface area contributed by atoms with Crippen LogP contribution in [0.4, 0.5) is 0 Å². The smallest absolute Gasteiger partial charge is 0.224 e. The van der Waals surface area contributed by atoms with Crippen LogP contribution in [0.2, 0.25) is 0 Å². The number of carbonyl (C=O) groups is 1. The number of ether oxygens (including phenoxy) is 1. The first-order valence-electron chi connectivity index (χ1n) is 7.16. The summed E-state index contributed by atoms with van der Waals surface area (Å²) in [5.74, 6) is 0.0902. The van der Waals surface area contributed by atoms with Crippen molar-refractivity contribution in [3.05, 3.63) is 12.2 Å². The van der Waals surface area contributed by atoms with Crippen molar-refractivity contribution in [1.82, 2.24) is 5.32 Å². The van der Waals surface area contributed by atoms with Crippen molar-refractivity contribution in [2.75, 3.05) is 13.2 Å². The average Bonchev–Trinajstić information content (AvgIpc) is 2.90. The summed E-state index contributed by atoms with van der Waals surface area (Å²) in [6, 6.07) is 0. The Labute approximate surface area is 115 Å². The summed E-state index contributed by atoms with van der Waals surface area (Å²) in [6.07, 6.45) is 6.50. The molecule has 108 valence electrons. The molecule has 2 N–H and O–H groups in total. The van der Waals surface area contributed by atoms with Crippen molar-refractivity contribution < 1.29 is 14.6 Å². The predicted octanol–water partition coefficient (Wildman–Crippen LogP) is 1.63. The minimum Gasteiger partial charge on any atom is -0.394 e. The first-order valence-corrected chi connectivity index (χ1v) is 7.16. The fourth-order valence-electron chi connectivity index (χ4n) is 3.17. The summed E-state index contributed by atoms with van der Waals surface area (Å²) in [4.78, 5) is 12.3. The van der Waals surface area contributed by atoms with E-state index in [1.807, 2.05) is 19.1 Å². The Bertz CT molecular complexity index is 370. The topological polar surface area (TPSA) is 58.6 Å². The van der Waals surface area contributed by atoms with Crippen LogP contribution >= 0.6 is 0 Å². The number of hydrogen-bond acceptors (Lipinski definition) is 3. The van der Waals surface area contributed by atoms with Gasteiger partial charge in [-0.1, -0.05) is 26.0 Å². The highest BCUT2D eigenvalue weighted by molar-refractivity contribution is 5.80. The zero-order valence-corrected chi connectivity index (χ0v) is 12.1. The second-order valence-electron chi connectivity index (χ2n) is 6.24. The summed E-state index contributed by atoms with van der Waals surface area (Å²) in [5, 5.41) is 12.9. The van der Waals surface area contributed by atoms with Gasteiger partial charge in [-0.15, -0.1) is 0 Å². The van der Waals surface area contributed by atoms with Crippen LogP contribution in [0.5, 0.6) is 0 Å². The zero-order chi connectivity index (χ0) is 14.1. The van der Waals surface area contributed by atoms with Gasteiger partial charge >= 0.3 is 0 Å². The van der Waals surface area contributed by atoms with E-state index < -0.39 is 5.54 Å². The van der Waals surface area contributed by atoms with E-state index in [4.69, 9.17) is 4.74 Å². The van der Waals surface area contributed by atoms with Crippen molar-refractivity contribution in [1.29, 1.82) is 0 Å². The maximum Gasteiger partial charge on any atom is 0.224 e. The standard InChI is InChI=1S/C15H25NO3/c1-4-19-12-9-15(10-17,14(12,2)3)16-13(18)11-7-5-6-8-11/h5-6,11-12,17H,4,7-10H2,1-3H3,(H,16,18)/t12-,15+/m0/s1. The molecule has 2 rings (SSSR count). The second-order valence-corrected chi connectivity index (χ2v) is 6.24. The molecule has 0 radical (unpaired) electrons. The van der Waals surface area contributed by atoms with Crippen LogP contribution in [0.1, 0.15) is 40.0 Å². The lowest BCUT2D eigenvalue weighted by Gasteiger charge is -2.60. The van der Waals surface area contributed by atoms with Gasteiger partial charge in [0.1, 0.15) is 0 Å². The molecule has 0 saturated heterocycles. The third-order valence-electron chi connectivity index (χ3n) is 4.95. The average molecular weight is 267 g/mol. The van der Waals surface area contributed by atoms with Crippen LogP contribution in [0, 0.1) is 11.3 Å². The van der Waals surface area contributed by atoms with Crippen LogP contribution in [-0.2, 0) is 9.53 Å². The lowest BCUT2D eigenvalue weighted by atomic mass is 9.54. The molecule has 1 saturated carbocycles. The van der Waals surface area contributed by atoms with Crippen molar-refractivity contribution >= 4 is 5.91 Å². The van der Waals surface area contributed by atoms with E-state index >= 15 is 0 Å². The van der Waals surface area contributed by atoms with Gasteiger partial charge in [0.05, 0.1) is 18.2 Å². The van der Waals surface area contributed by atoms with Crippen LogP contribution in [0.25, 0.3) is 0 Å². The van der Waals surface area contributed by atoms with E-state index in [0.29, 0.717) is 13.0 Å². The molecular formula is C15H25NO3. The highest BCUT2D eigenvalue weighted by atomic mass is 16.5. The normalized spacial score (nSPS) is 33.2. The molecule has 0 aromatic rings. The summed E-state index contributed by atoms with van der Waals surface area (Å²) in [7, 11) is 0. The van der Waals surface area contributed by atoms with Crippen molar-refractivity contribution in [3.8, 4) is 0 Å². The van der Waals surface area contributed by atoms with E-state index in [9.17, 15) is 9.90 Å². The maximum atomic E-state index is 12.3. The van der Waals surface area contributed by atoms with Gasteiger partial charge in [0.2, 0.25) is 5.91 Å².